The summed E-state index contributed by atoms with van der Waals surface area (Å²) in [6.45, 7) is 2.99. The number of nitriles is 1. The van der Waals surface area contributed by atoms with Crippen LogP contribution in [0.5, 0.6) is 0 Å². The summed E-state index contributed by atoms with van der Waals surface area (Å²) in [4.78, 5) is 16.5. The Bertz CT molecular complexity index is 656. The molecule has 134 valence electrons. The average Bonchev–Trinajstić information content (AvgIpc) is 2.65. The zero-order valence-corrected chi connectivity index (χ0v) is 15.0. The third-order valence-electron chi connectivity index (χ3n) is 4.69. The van der Waals surface area contributed by atoms with Gasteiger partial charge in [0, 0.05) is 32.4 Å². The lowest BCUT2D eigenvalue weighted by Crippen LogP contribution is -2.45. The molecule has 1 heterocycles. The molecule has 1 saturated heterocycles. The van der Waals surface area contributed by atoms with Gasteiger partial charge < -0.3 is 20.9 Å². The number of hydrogen-bond donors (Lipinski definition) is 2. The van der Waals surface area contributed by atoms with E-state index < -0.39 is 0 Å². The molecule has 0 spiro atoms. The topological polar surface area (TPSA) is 85.4 Å². The molecular formula is C19H27N5O. The van der Waals surface area contributed by atoms with Crippen molar-refractivity contribution in [3.8, 4) is 6.07 Å². The second-order valence-corrected chi connectivity index (χ2v) is 6.53. The van der Waals surface area contributed by atoms with Crippen LogP contribution in [0.2, 0.25) is 0 Å². The van der Waals surface area contributed by atoms with E-state index in [1.165, 1.54) is 6.20 Å². The number of carbonyl (C=O) groups is 1. The van der Waals surface area contributed by atoms with Gasteiger partial charge in [-0.15, -0.1) is 0 Å². The molecule has 0 unspecified atom stereocenters. The Morgan fingerprint density at radius 3 is 2.76 bits per heavy atom. The van der Waals surface area contributed by atoms with Crippen molar-refractivity contribution in [2.24, 2.45) is 5.73 Å². The Kier molecular flexibility index (Phi) is 6.99. The van der Waals surface area contributed by atoms with Crippen molar-refractivity contribution in [3.05, 3.63) is 47.2 Å². The summed E-state index contributed by atoms with van der Waals surface area (Å²) in [7, 11) is 3.87. The summed E-state index contributed by atoms with van der Waals surface area (Å²) < 4.78 is 0. The number of rotatable bonds is 6. The van der Waals surface area contributed by atoms with E-state index in [9.17, 15) is 10.1 Å². The van der Waals surface area contributed by atoms with Crippen LogP contribution in [0, 0.1) is 11.3 Å². The molecule has 1 aliphatic heterocycles. The van der Waals surface area contributed by atoms with E-state index in [0.717, 1.165) is 37.1 Å². The SMILES string of the molecule is CN1CCC(N(C)C(=O)/C(C#N)=C\NCc2cccc(CN)c2)CC1. The predicted molar refractivity (Wildman–Crippen MR) is 98.2 cm³/mol. The minimum Gasteiger partial charge on any atom is -0.386 e. The Morgan fingerprint density at radius 2 is 2.12 bits per heavy atom. The maximum Gasteiger partial charge on any atom is 0.265 e. The van der Waals surface area contributed by atoms with Gasteiger partial charge in [-0.05, 0) is 44.1 Å². The summed E-state index contributed by atoms with van der Waals surface area (Å²) in [5.41, 5.74) is 7.90. The summed E-state index contributed by atoms with van der Waals surface area (Å²) in [6, 6.07) is 10.1. The first kappa shape index (κ1) is 19.0. The number of nitrogens with two attached hydrogens (primary N) is 1. The highest BCUT2D eigenvalue weighted by molar-refractivity contribution is 5.97. The van der Waals surface area contributed by atoms with E-state index in [1.54, 1.807) is 11.9 Å². The minimum absolute atomic E-state index is 0.136. The van der Waals surface area contributed by atoms with Crippen LogP contribution in [0.25, 0.3) is 0 Å². The van der Waals surface area contributed by atoms with Crippen molar-refractivity contribution in [1.82, 2.24) is 15.1 Å². The fourth-order valence-corrected chi connectivity index (χ4v) is 3.02. The minimum atomic E-state index is -0.222. The second kappa shape index (κ2) is 9.21. The number of piperidine rings is 1. The lowest BCUT2D eigenvalue weighted by Gasteiger charge is -2.34. The number of amides is 1. The van der Waals surface area contributed by atoms with Crippen molar-refractivity contribution >= 4 is 5.91 Å². The second-order valence-electron chi connectivity index (χ2n) is 6.53. The normalized spacial score (nSPS) is 16.3. The lowest BCUT2D eigenvalue weighted by atomic mass is 10.0. The van der Waals surface area contributed by atoms with E-state index in [4.69, 9.17) is 5.73 Å². The molecule has 0 radical (unpaired) electrons. The summed E-state index contributed by atoms with van der Waals surface area (Å²) >= 11 is 0. The van der Waals surface area contributed by atoms with Crippen LogP contribution in [0.1, 0.15) is 24.0 Å². The molecule has 25 heavy (non-hydrogen) atoms. The lowest BCUT2D eigenvalue weighted by molar-refractivity contribution is -0.128. The van der Waals surface area contributed by atoms with E-state index >= 15 is 0 Å². The molecule has 2 rings (SSSR count). The number of nitrogens with one attached hydrogen (secondary N) is 1. The molecule has 0 saturated carbocycles. The average molecular weight is 341 g/mol. The third-order valence-corrected chi connectivity index (χ3v) is 4.69. The highest BCUT2D eigenvalue weighted by Crippen LogP contribution is 2.16. The molecule has 3 N–H and O–H groups in total. The van der Waals surface area contributed by atoms with Gasteiger partial charge in [0.15, 0.2) is 0 Å². The standard InChI is InChI=1S/C19H27N5O/c1-23-8-6-18(7-9-23)24(2)19(25)17(12-21)14-22-13-16-5-3-4-15(10-16)11-20/h3-5,10,14,18,22H,6-9,11,13,20H2,1-2H3/b17-14-. The molecule has 1 fully saturated rings. The third kappa shape index (κ3) is 5.31. The molecule has 0 bridgehead atoms. The number of hydrogen-bond acceptors (Lipinski definition) is 5. The highest BCUT2D eigenvalue weighted by atomic mass is 16.2. The van der Waals surface area contributed by atoms with Crippen LogP contribution >= 0.6 is 0 Å². The van der Waals surface area contributed by atoms with Gasteiger partial charge in [0.1, 0.15) is 11.6 Å². The van der Waals surface area contributed by atoms with Crippen molar-refractivity contribution in [1.29, 1.82) is 5.26 Å². The molecule has 1 aromatic carbocycles. The van der Waals surface area contributed by atoms with Crippen LogP contribution < -0.4 is 11.1 Å². The van der Waals surface area contributed by atoms with Gasteiger partial charge in [-0.1, -0.05) is 24.3 Å². The van der Waals surface area contributed by atoms with Crippen LogP contribution in [0.4, 0.5) is 0 Å². The van der Waals surface area contributed by atoms with E-state index in [1.807, 2.05) is 30.3 Å². The van der Waals surface area contributed by atoms with Gasteiger partial charge >= 0.3 is 0 Å². The monoisotopic (exact) mass is 341 g/mol. The Balaban J connectivity index is 1.94. The zero-order valence-electron chi connectivity index (χ0n) is 15.0. The first-order valence-electron chi connectivity index (χ1n) is 8.62. The molecule has 0 atom stereocenters. The number of nitrogens with zero attached hydrogens (tertiary/aromatic N) is 3. The predicted octanol–water partition coefficient (Wildman–Crippen LogP) is 1.19. The van der Waals surface area contributed by atoms with Crippen molar-refractivity contribution in [2.75, 3.05) is 27.2 Å². The smallest absolute Gasteiger partial charge is 0.265 e. The maximum absolute atomic E-state index is 12.6. The number of likely N-dealkylation sites (tertiary alicyclic amines) is 1. The fraction of sp³-hybridized carbons (Fsp3) is 0.474. The highest BCUT2D eigenvalue weighted by Gasteiger charge is 2.25. The van der Waals surface area contributed by atoms with Gasteiger partial charge in [-0.3, -0.25) is 4.79 Å². The molecule has 0 aliphatic carbocycles. The zero-order chi connectivity index (χ0) is 18.2. The maximum atomic E-state index is 12.6. The number of benzene rings is 1. The Morgan fingerprint density at radius 1 is 1.44 bits per heavy atom. The van der Waals surface area contributed by atoms with Gasteiger partial charge in [0.05, 0.1) is 0 Å². The summed E-state index contributed by atoms with van der Waals surface area (Å²) in [6.07, 6.45) is 3.40. The Labute approximate surface area is 149 Å². The molecule has 1 aliphatic rings. The van der Waals surface area contributed by atoms with Crippen LogP contribution in [0.3, 0.4) is 0 Å². The molecule has 0 aromatic heterocycles. The molecule has 6 nitrogen and oxygen atoms in total. The molecular weight excluding hydrogens is 314 g/mol. The van der Waals surface area contributed by atoms with Gasteiger partial charge in [-0.2, -0.15) is 5.26 Å². The van der Waals surface area contributed by atoms with E-state index in [2.05, 4.69) is 17.3 Å². The van der Waals surface area contributed by atoms with E-state index in [-0.39, 0.29) is 17.5 Å². The van der Waals surface area contributed by atoms with Gasteiger partial charge in [0.25, 0.3) is 5.91 Å². The molecule has 1 amide bonds. The van der Waals surface area contributed by atoms with Crippen LogP contribution in [0.15, 0.2) is 36.0 Å². The number of likely N-dealkylation sites (N-methyl/N-ethyl adjacent to an activating group) is 1. The number of carbonyl (C=O) groups excluding carboxylic acids is 1. The van der Waals surface area contributed by atoms with Crippen LogP contribution in [-0.4, -0.2) is 48.9 Å². The van der Waals surface area contributed by atoms with Crippen molar-refractivity contribution in [3.63, 3.8) is 0 Å². The first-order valence-corrected chi connectivity index (χ1v) is 8.62. The molecule has 1 aromatic rings. The van der Waals surface area contributed by atoms with Gasteiger partial charge in [0.2, 0.25) is 0 Å². The molecule has 6 heteroatoms. The Hall–Kier alpha value is -2.36. The first-order chi connectivity index (χ1) is 12.0. The van der Waals surface area contributed by atoms with Gasteiger partial charge in [-0.25, -0.2) is 0 Å². The van der Waals surface area contributed by atoms with Crippen molar-refractivity contribution < 1.29 is 4.79 Å². The largest absolute Gasteiger partial charge is 0.386 e. The summed E-state index contributed by atoms with van der Waals surface area (Å²) in [5, 5.41) is 12.4. The van der Waals surface area contributed by atoms with E-state index in [0.29, 0.717) is 13.1 Å². The summed E-state index contributed by atoms with van der Waals surface area (Å²) in [5.74, 6) is -0.222. The van der Waals surface area contributed by atoms with Crippen molar-refractivity contribution in [2.45, 2.75) is 32.0 Å². The fourth-order valence-electron chi connectivity index (χ4n) is 3.02. The quantitative estimate of drug-likeness (QED) is 0.600. The van der Waals surface area contributed by atoms with Crippen LogP contribution in [-0.2, 0) is 17.9 Å².